The van der Waals surface area contributed by atoms with E-state index in [2.05, 4.69) is 12.1 Å². The van der Waals surface area contributed by atoms with Gasteiger partial charge in [-0.2, -0.15) is 0 Å². The molecule has 0 aliphatic carbocycles. The SMILES string of the molecule is O=S(O)Cc1ccc(C2=C(c3ccccc3)C(C=S)c3ccccc3O2)cc1. The zero-order valence-electron chi connectivity index (χ0n) is 14.9. The molecule has 1 aliphatic rings. The molecule has 4 rings (SSSR count). The lowest BCUT2D eigenvalue weighted by molar-refractivity contribution is 0.500. The molecule has 2 unspecified atom stereocenters. The highest BCUT2D eigenvalue weighted by molar-refractivity contribution is 7.79. The molecule has 0 saturated heterocycles. The first-order valence-corrected chi connectivity index (χ1v) is 10.6. The summed E-state index contributed by atoms with van der Waals surface area (Å²) in [7, 11) is 0. The molecule has 0 saturated carbocycles. The minimum atomic E-state index is -1.86. The van der Waals surface area contributed by atoms with Gasteiger partial charge >= 0.3 is 0 Å². The van der Waals surface area contributed by atoms with Gasteiger partial charge in [0.2, 0.25) is 0 Å². The number of fused-ring (bicyclic) bond motifs is 1. The molecule has 0 aromatic heterocycles. The van der Waals surface area contributed by atoms with Crippen molar-refractivity contribution in [2.45, 2.75) is 11.7 Å². The molecule has 140 valence electrons. The largest absolute Gasteiger partial charge is 0.456 e. The predicted molar refractivity (Wildman–Crippen MR) is 118 cm³/mol. The highest BCUT2D eigenvalue weighted by Crippen LogP contribution is 2.45. The van der Waals surface area contributed by atoms with Gasteiger partial charge in [0, 0.05) is 22.6 Å². The van der Waals surface area contributed by atoms with E-state index in [0.29, 0.717) is 0 Å². The van der Waals surface area contributed by atoms with E-state index in [0.717, 1.165) is 39.3 Å². The van der Waals surface area contributed by atoms with Crippen molar-refractivity contribution in [2.75, 3.05) is 0 Å². The van der Waals surface area contributed by atoms with E-state index in [1.54, 1.807) is 5.37 Å². The van der Waals surface area contributed by atoms with Gasteiger partial charge in [0.15, 0.2) is 11.1 Å². The summed E-state index contributed by atoms with van der Waals surface area (Å²) in [5, 5.41) is 1.78. The summed E-state index contributed by atoms with van der Waals surface area (Å²) >= 11 is 3.56. The Kier molecular flexibility index (Phi) is 5.48. The molecule has 3 nitrogen and oxygen atoms in total. The average molecular weight is 407 g/mol. The van der Waals surface area contributed by atoms with Gasteiger partial charge in [0.05, 0.1) is 5.75 Å². The van der Waals surface area contributed by atoms with E-state index in [4.69, 9.17) is 21.5 Å². The molecule has 1 aliphatic heterocycles. The Morgan fingerprint density at radius 2 is 1.61 bits per heavy atom. The second kappa shape index (κ2) is 8.19. The number of allylic oxidation sites excluding steroid dienone is 1. The van der Waals surface area contributed by atoms with Crippen LogP contribution in [0.5, 0.6) is 5.75 Å². The molecule has 5 heteroatoms. The first kappa shape index (κ1) is 18.7. The number of hydrogen-bond acceptors (Lipinski definition) is 3. The molecule has 1 heterocycles. The topological polar surface area (TPSA) is 46.5 Å². The minimum Gasteiger partial charge on any atom is -0.456 e. The highest BCUT2D eigenvalue weighted by Gasteiger charge is 2.29. The van der Waals surface area contributed by atoms with Crippen LogP contribution in [0.25, 0.3) is 11.3 Å². The lowest BCUT2D eigenvalue weighted by Gasteiger charge is -2.29. The van der Waals surface area contributed by atoms with Crippen LogP contribution in [-0.2, 0) is 16.8 Å². The monoisotopic (exact) mass is 406 g/mol. The van der Waals surface area contributed by atoms with E-state index < -0.39 is 11.1 Å². The van der Waals surface area contributed by atoms with E-state index >= 15 is 0 Å². The van der Waals surface area contributed by atoms with Gasteiger partial charge in [0.1, 0.15) is 11.5 Å². The fourth-order valence-corrected chi connectivity index (χ4v) is 4.23. The van der Waals surface area contributed by atoms with Gasteiger partial charge in [-0.1, -0.05) is 85.0 Å². The fraction of sp³-hybridized carbons (Fsp3) is 0.0870. The normalized spacial score (nSPS) is 16.8. The molecular formula is C23H18O3S2. The number of para-hydroxylation sites is 1. The van der Waals surface area contributed by atoms with Crippen molar-refractivity contribution in [3.63, 3.8) is 0 Å². The van der Waals surface area contributed by atoms with Crippen LogP contribution in [0.3, 0.4) is 0 Å². The summed E-state index contributed by atoms with van der Waals surface area (Å²) in [6.45, 7) is 0. The molecular weight excluding hydrogens is 388 g/mol. The first-order valence-electron chi connectivity index (χ1n) is 8.86. The third kappa shape index (κ3) is 3.69. The zero-order chi connectivity index (χ0) is 19.5. The lowest BCUT2D eigenvalue weighted by Crippen LogP contribution is -2.15. The lowest BCUT2D eigenvalue weighted by atomic mass is 9.83. The zero-order valence-corrected chi connectivity index (χ0v) is 16.6. The second-order valence-corrected chi connectivity index (χ2v) is 7.73. The second-order valence-electron chi connectivity index (χ2n) is 6.53. The van der Waals surface area contributed by atoms with E-state index in [1.165, 1.54) is 0 Å². The number of hydrogen-bond donors (Lipinski definition) is 1. The van der Waals surface area contributed by atoms with Crippen molar-refractivity contribution >= 4 is 40.0 Å². The summed E-state index contributed by atoms with van der Waals surface area (Å²) in [4.78, 5) is 0. The number of benzene rings is 3. The van der Waals surface area contributed by atoms with Crippen LogP contribution in [0.4, 0.5) is 0 Å². The van der Waals surface area contributed by atoms with E-state index in [9.17, 15) is 4.21 Å². The predicted octanol–water partition coefficient (Wildman–Crippen LogP) is 5.45. The molecule has 3 aromatic rings. The van der Waals surface area contributed by atoms with Crippen molar-refractivity contribution in [3.05, 3.63) is 101 Å². The van der Waals surface area contributed by atoms with Gasteiger partial charge in [-0.05, 0) is 22.6 Å². The molecule has 2 atom stereocenters. The maximum Gasteiger partial charge on any atom is 0.157 e. The van der Waals surface area contributed by atoms with E-state index in [1.807, 2.05) is 66.7 Å². The molecule has 28 heavy (non-hydrogen) atoms. The van der Waals surface area contributed by atoms with Crippen LogP contribution in [0, 0.1) is 0 Å². The van der Waals surface area contributed by atoms with Gasteiger partial charge in [0.25, 0.3) is 0 Å². The van der Waals surface area contributed by atoms with Crippen LogP contribution >= 0.6 is 12.2 Å². The van der Waals surface area contributed by atoms with Crippen LogP contribution in [0.1, 0.15) is 28.2 Å². The molecule has 0 spiro atoms. The van der Waals surface area contributed by atoms with Crippen molar-refractivity contribution in [1.29, 1.82) is 0 Å². The van der Waals surface area contributed by atoms with Gasteiger partial charge in [-0.15, -0.1) is 0 Å². The maximum absolute atomic E-state index is 11.1. The minimum absolute atomic E-state index is 0.0676. The third-order valence-electron chi connectivity index (χ3n) is 4.75. The Hall–Kier alpha value is -2.60. The van der Waals surface area contributed by atoms with Crippen molar-refractivity contribution in [3.8, 4) is 5.75 Å². The molecule has 0 radical (unpaired) electrons. The molecule has 0 amide bonds. The van der Waals surface area contributed by atoms with Gasteiger partial charge in [-0.25, -0.2) is 4.21 Å². The standard InChI is InChI=1S/C23H18O3S2/c24-28(25)15-16-10-12-18(13-11-16)23-22(17-6-2-1-3-7-17)20(14-27)19-8-4-5-9-21(19)26-23/h1-14,20H,15H2,(H,24,25). The highest BCUT2D eigenvalue weighted by atomic mass is 32.2. The molecule has 1 N–H and O–H groups in total. The summed E-state index contributed by atoms with van der Waals surface area (Å²) in [6, 6.07) is 25.6. The Morgan fingerprint density at radius 1 is 0.929 bits per heavy atom. The summed E-state index contributed by atoms with van der Waals surface area (Å²) in [6.07, 6.45) is 0. The Labute approximate surface area is 172 Å². The Bertz CT molecular complexity index is 1060. The van der Waals surface area contributed by atoms with E-state index in [-0.39, 0.29) is 11.7 Å². The van der Waals surface area contributed by atoms with Crippen LogP contribution in [0.2, 0.25) is 0 Å². The molecule has 0 bridgehead atoms. The maximum atomic E-state index is 11.1. The smallest absolute Gasteiger partial charge is 0.157 e. The Morgan fingerprint density at radius 3 is 2.29 bits per heavy atom. The van der Waals surface area contributed by atoms with Gasteiger partial charge in [-0.3, -0.25) is 0 Å². The van der Waals surface area contributed by atoms with Crippen LogP contribution < -0.4 is 4.74 Å². The molecule has 0 fully saturated rings. The third-order valence-corrected chi connectivity index (χ3v) is 5.60. The summed E-state index contributed by atoms with van der Waals surface area (Å²) in [5.41, 5.74) is 4.83. The van der Waals surface area contributed by atoms with Crippen molar-refractivity contribution in [1.82, 2.24) is 0 Å². The van der Waals surface area contributed by atoms with Crippen molar-refractivity contribution < 1.29 is 13.5 Å². The average Bonchev–Trinajstić information content (AvgIpc) is 2.73. The number of ether oxygens (including phenoxy) is 1. The van der Waals surface area contributed by atoms with Crippen LogP contribution in [-0.4, -0.2) is 14.1 Å². The molecule has 3 aromatic carbocycles. The number of thiocarbonyl (C=S) groups is 1. The quantitative estimate of drug-likeness (QED) is 0.452. The fourth-order valence-electron chi connectivity index (χ4n) is 3.47. The van der Waals surface area contributed by atoms with Gasteiger partial charge < -0.3 is 9.29 Å². The Balaban J connectivity index is 1.88. The number of rotatable bonds is 5. The summed E-state index contributed by atoms with van der Waals surface area (Å²) in [5.74, 6) is 1.59. The van der Waals surface area contributed by atoms with Crippen molar-refractivity contribution in [2.24, 2.45) is 0 Å². The van der Waals surface area contributed by atoms with Crippen LogP contribution in [0.15, 0.2) is 78.9 Å². The summed E-state index contributed by atoms with van der Waals surface area (Å²) < 4.78 is 26.5. The first-order chi connectivity index (χ1) is 13.7.